The highest BCUT2D eigenvalue weighted by atomic mass is 16.5. The van der Waals surface area contributed by atoms with Crippen LogP contribution in [-0.2, 0) is 20.9 Å². The highest BCUT2D eigenvalue weighted by Crippen LogP contribution is 2.62. The number of hydrogen-bond acceptors (Lipinski definition) is 7. The van der Waals surface area contributed by atoms with E-state index in [0.29, 0.717) is 29.4 Å². The molecule has 2 aliphatic carbocycles. The molecule has 0 spiro atoms. The first-order valence-corrected chi connectivity index (χ1v) is 17.6. The van der Waals surface area contributed by atoms with Gasteiger partial charge >= 0.3 is 5.97 Å². The molecule has 262 valence electrons. The molecule has 1 aromatic carbocycles. The number of hydrogen-bond donors (Lipinski definition) is 1. The number of carbonyl (C=O) groups excluding carboxylic acids is 2. The van der Waals surface area contributed by atoms with E-state index in [0.717, 1.165) is 69.2 Å². The zero-order valence-corrected chi connectivity index (χ0v) is 30.5. The van der Waals surface area contributed by atoms with Crippen LogP contribution in [0.2, 0.25) is 0 Å². The molecule has 4 rings (SSSR count). The standard InChI is InChI=1S/C40H57N3O5/c1-28(15-10-17-30(3)37(45)48-27-31-26-43(42-41-31)32-18-12-19-33(25-32)47-8)13-9-14-29(2)16-11-20-35-39(6)23-22-36(44)38(4,5)34(39)21-24-40(35,7)46/h12-13,16-19,25-26,34-35,46H,9-11,14-15,20-24,27H2,1-8H3/b28-13+,29-16+,30-17+/t34-,35-,39+,40-/m1/s1. The molecule has 0 saturated heterocycles. The maximum atomic E-state index is 12.8. The van der Waals surface area contributed by atoms with Crippen LogP contribution in [0.3, 0.4) is 0 Å². The fraction of sp³-hybridized carbons (Fsp3) is 0.600. The topological polar surface area (TPSA) is 104 Å². The van der Waals surface area contributed by atoms with Gasteiger partial charge in [0, 0.05) is 23.5 Å². The Morgan fingerprint density at radius 1 is 1.02 bits per heavy atom. The van der Waals surface area contributed by atoms with Crippen LogP contribution in [0.5, 0.6) is 5.75 Å². The van der Waals surface area contributed by atoms with Crippen molar-refractivity contribution in [3.63, 3.8) is 0 Å². The fourth-order valence-corrected chi connectivity index (χ4v) is 8.31. The smallest absolute Gasteiger partial charge is 0.333 e. The molecule has 48 heavy (non-hydrogen) atoms. The molecule has 0 unspecified atom stereocenters. The SMILES string of the molecule is COc1cccc(-n2cc(COC(=O)/C(C)=C/CC/C(C)=C/CC/C(C)=C/CC[C@@H]3[C@@]4(C)CCC(=O)C(C)(C)[C@H]4CC[C@@]3(C)O)nn2)c1. The minimum Gasteiger partial charge on any atom is -0.497 e. The van der Waals surface area contributed by atoms with Crippen LogP contribution in [0.1, 0.15) is 118 Å². The van der Waals surface area contributed by atoms with Crippen LogP contribution < -0.4 is 4.74 Å². The van der Waals surface area contributed by atoms with Crippen LogP contribution in [0.25, 0.3) is 5.69 Å². The number of allylic oxidation sites excluding steroid dienone is 5. The molecule has 0 aliphatic heterocycles. The number of benzene rings is 1. The van der Waals surface area contributed by atoms with Gasteiger partial charge in [-0.2, -0.15) is 0 Å². The van der Waals surface area contributed by atoms with E-state index in [4.69, 9.17) is 9.47 Å². The maximum absolute atomic E-state index is 12.8. The van der Waals surface area contributed by atoms with Crippen LogP contribution in [-0.4, -0.2) is 44.6 Å². The zero-order chi connectivity index (χ0) is 35.1. The molecule has 8 nitrogen and oxygen atoms in total. The molecule has 0 radical (unpaired) electrons. The molecule has 1 N–H and O–H groups in total. The predicted molar refractivity (Wildman–Crippen MR) is 190 cm³/mol. The lowest BCUT2D eigenvalue weighted by Gasteiger charge is -2.60. The second-order valence-electron chi connectivity index (χ2n) is 15.2. The summed E-state index contributed by atoms with van der Waals surface area (Å²) in [5.41, 5.74) is 3.64. The van der Waals surface area contributed by atoms with Crippen molar-refractivity contribution in [2.24, 2.45) is 22.7 Å². The number of ketones is 1. The van der Waals surface area contributed by atoms with Gasteiger partial charge in [0.05, 0.1) is 24.6 Å². The lowest BCUT2D eigenvalue weighted by molar-refractivity contribution is -0.177. The Labute approximate surface area is 287 Å². The first-order chi connectivity index (χ1) is 22.7. The van der Waals surface area contributed by atoms with E-state index in [-0.39, 0.29) is 29.3 Å². The molecule has 1 aromatic heterocycles. The normalized spacial score (nSPS) is 26.3. The summed E-state index contributed by atoms with van der Waals surface area (Å²) in [5.74, 6) is 1.28. The van der Waals surface area contributed by atoms with Crippen LogP contribution in [0.4, 0.5) is 0 Å². The predicted octanol–water partition coefficient (Wildman–Crippen LogP) is 8.67. The number of esters is 1. The van der Waals surface area contributed by atoms with Crippen molar-refractivity contribution < 1.29 is 24.2 Å². The van der Waals surface area contributed by atoms with Crippen molar-refractivity contribution >= 4 is 11.8 Å². The van der Waals surface area contributed by atoms with Gasteiger partial charge in [0.15, 0.2) is 0 Å². The summed E-state index contributed by atoms with van der Waals surface area (Å²) in [5, 5.41) is 19.7. The number of aromatic nitrogens is 3. The van der Waals surface area contributed by atoms with Crippen molar-refractivity contribution in [1.82, 2.24) is 15.0 Å². The highest BCUT2D eigenvalue weighted by molar-refractivity contribution is 5.87. The quantitative estimate of drug-likeness (QED) is 0.123. The van der Waals surface area contributed by atoms with E-state index in [1.54, 1.807) is 24.9 Å². The number of fused-ring (bicyclic) bond motifs is 1. The van der Waals surface area contributed by atoms with E-state index >= 15 is 0 Å². The van der Waals surface area contributed by atoms with Crippen molar-refractivity contribution in [2.45, 2.75) is 125 Å². The Bertz CT molecular complexity index is 1530. The molecule has 4 atom stereocenters. The van der Waals surface area contributed by atoms with Crippen LogP contribution >= 0.6 is 0 Å². The highest BCUT2D eigenvalue weighted by Gasteiger charge is 2.59. The minimum atomic E-state index is -0.688. The third-order valence-electron chi connectivity index (χ3n) is 11.3. The second-order valence-corrected chi connectivity index (χ2v) is 15.2. The van der Waals surface area contributed by atoms with Gasteiger partial charge in [0.1, 0.15) is 23.8 Å². The molecule has 2 saturated carbocycles. The first kappa shape index (κ1) is 37.3. The van der Waals surface area contributed by atoms with Gasteiger partial charge in [-0.05, 0) is 115 Å². The minimum absolute atomic E-state index is 0.0101. The third kappa shape index (κ3) is 8.93. The molecule has 0 amide bonds. The van der Waals surface area contributed by atoms with Crippen molar-refractivity contribution in [3.05, 3.63) is 71.1 Å². The zero-order valence-electron chi connectivity index (χ0n) is 30.5. The largest absolute Gasteiger partial charge is 0.497 e. The summed E-state index contributed by atoms with van der Waals surface area (Å²) in [7, 11) is 1.61. The maximum Gasteiger partial charge on any atom is 0.333 e. The van der Waals surface area contributed by atoms with E-state index in [2.05, 4.69) is 57.1 Å². The number of rotatable bonds is 14. The lowest BCUT2D eigenvalue weighted by Crippen LogP contribution is -2.59. The Hall–Kier alpha value is -3.52. The Kier molecular flexibility index (Phi) is 12.3. The summed E-state index contributed by atoms with van der Waals surface area (Å²) < 4.78 is 12.4. The number of carbonyl (C=O) groups is 2. The Morgan fingerprint density at radius 2 is 1.71 bits per heavy atom. The molecular formula is C40H57N3O5. The van der Waals surface area contributed by atoms with Gasteiger partial charge in [0.2, 0.25) is 0 Å². The molecular weight excluding hydrogens is 602 g/mol. The van der Waals surface area contributed by atoms with Crippen molar-refractivity contribution in [3.8, 4) is 11.4 Å². The van der Waals surface area contributed by atoms with E-state index in [1.807, 2.05) is 37.3 Å². The van der Waals surface area contributed by atoms with Crippen LogP contribution in [0.15, 0.2) is 65.4 Å². The Morgan fingerprint density at radius 3 is 2.42 bits per heavy atom. The number of ether oxygens (including phenoxy) is 2. The molecule has 0 bridgehead atoms. The van der Waals surface area contributed by atoms with Crippen LogP contribution in [0, 0.1) is 22.7 Å². The van der Waals surface area contributed by atoms with Gasteiger partial charge < -0.3 is 14.6 Å². The van der Waals surface area contributed by atoms with Crippen molar-refractivity contribution in [1.29, 1.82) is 0 Å². The van der Waals surface area contributed by atoms with E-state index in [1.165, 1.54) is 11.1 Å². The van der Waals surface area contributed by atoms with Gasteiger partial charge in [-0.3, -0.25) is 4.79 Å². The lowest BCUT2D eigenvalue weighted by atomic mass is 9.45. The number of Topliss-reactive ketones (excluding diaryl/α,β-unsaturated/α-hetero) is 1. The van der Waals surface area contributed by atoms with Gasteiger partial charge in [-0.25, -0.2) is 9.48 Å². The summed E-state index contributed by atoms with van der Waals surface area (Å²) in [6.07, 6.45) is 17.1. The van der Waals surface area contributed by atoms with E-state index < -0.39 is 5.60 Å². The van der Waals surface area contributed by atoms with Gasteiger partial charge in [-0.15, -0.1) is 5.10 Å². The average molecular weight is 660 g/mol. The molecule has 2 aliphatic rings. The van der Waals surface area contributed by atoms with Crippen molar-refractivity contribution in [2.75, 3.05) is 7.11 Å². The summed E-state index contributed by atoms with van der Waals surface area (Å²) in [6.45, 7) is 14.8. The number of aliphatic hydroxyl groups is 1. The van der Waals surface area contributed by atoms with Gasteiger partial charge in [-0.1, -0.05) is 61.4 Å². The fourth-order valence-electron chi connectivity index (χ4n) is 8.31. The summed E-state index contributed by atoms with van der Waals surface area (Å²) in [6, 6.07) is 7.49. The number of methoxy groups -OCH3 is 1. The first-order valence-electron chi connectivity index (χ1n) is 17.6. The van der Waals surface area contributed by atoms with E-state index in [9.17, 15) is 14.7 Å². The molecule has 2 aromatic rings. The molecule has 1 heterocycles. The second kappa shape index (κ2) is 15.8. The summed E-state index contributed by atoms with van der Waals surface area (Å²) in [4.78, 5) is 25.3. The third-order valence-corrected chi connectivity index (χ3v) is 11.3. The van der Waals surface area contributed by atoms with Gasteiger partial charge in [0.25, 0.3) is 0 Å². The molecule has 2 fully saturated rings. The average Bonchev–Trinajstić information content (AvgIpc) is 3.52. The Balaban J connectivity index is 1.18. The monoisotopic (exact) mass is 659 g/mol. The molecule has 8 heteroatoms. The number of nitrogens with zero attached hydrogens (tertiary/aromatic N) is 3. The summed E-state index contributed by atoms with van der Waals surface area (Å²) >= 11 is 0.